The molecular formula is C20H23N3O3. The average molecular weight is 353 g/mol. The van der Waals surface area contributed by atoms with Gasteiger partial charge in [-0.2, -0.15) is 0 Å². The van der Waals surface area contributed by atoms with Crippen LogP contribution in [-0.2, 0) is 0 Å². The first kappa shape index (κ1) is 16.8. The first-order valence-electron chi connectivity index (χ1n) is 9.10. The van der Waals surface area contributed by atoms with Gasteiger partial charge < -0.3 is 19.4 Å². The van der Waals surface area contributed by atoms with Crippen LogP contribution < -0.4 is 15.0 Å². The normalized spacial score (nSPS) is 15.0. The Balaban J connectivity index is 1.60. The van der Waals surface area contributed by atoms with E-state index in [0.29, 0.717) is 34.5 Å². The smallest absolute Gasteiger partial charge is 0.257 e. The molecule has 1 saturated heterocycles. The van der Waals surface area contributed by atoms with Crippen molar-refractivity contribution in [3.05, 3.63) is 40.8 Å². The molecule has 0 unspecified atom stereocenters. The number of hydrogen-bond acceptors (Lipinski definition) is 5. The van der Waals surface area contributed by atoms with E-state index in [-0.39, 0.29) is 5.56 Å². The van der Waals surface area contributed by atoms with Gasteiger partial charge in [0.05, 0.1) is 30.1 Å². The van der Waals surface area contributed by atoms with Gasteiger partial charge in [-0.05, 0) is 50.6 Å². The van der Waals surface area contributed by atoms with Crippen LogP contribution in [0.15, 0.2) is 35.3 Å². The molecule has 4 rings (SSSR count). The molecule has 0 radical (unpaired) electrons. The van der Waals surface area contributed by atoms with Gasteiger partial charge in [0.2, 0.25) is 0 Å². The highest BCUT2D eigenvalue weighted by atomic mass is 16.5. The van der Waals surface area contributed by atoms with Crippen molar-refractivity contribution >= 4 is 21.8 Å². The highest BCUT2D eigenvalue weighted by Crippen LogP contribution is 2.33. The van der Waals surface area contributed by atoms with E-state index >= 15 is 0 Å². The maximum atomic E-state index is 12.3. The van der Waals surface area contributed by atoms with Crippen LogP contribution in [0.4, 0.5) is 0 Å². The highest BCUT2D eigenvalue weighted by Gasteiger charge is 2.13. The summed E-state index contributed by atoms with van der Waals surface area (Å²) in [6, 6.07) is 7.25. The minimum Gasteiger partial charge on any atom is -0.493 e. The number of nitrogens with zero attached hydrogens (tertiary/aromatic N) is 2. The van der Waals surface area contributed by atoms with Gasteiger partial charge in [-0.25, -0.2) is 0 Å². The summed E-state index contributed by atoms with van der Waals surface area (Å²) in [6.07, 6.45) is 5.26. The molecular weight excluding hydrogens is 330 g/mol. The zero-order valence-corrected chi connectivity index (χ0v) is 15.0. The number of pyridine rings is 2. The molecule has 3 heterocycles. The summed E-state index contributed by atoms with van der Waals surface area (Å²) in [6.45, 7) is 4.07. The Morgan fingerprint density at radius 2 is 2.04 bits per heavy atom. The number of H-pyrrole nitrogens is 1. The minimum absolute atomic E-state index is 0.147. The second kappa shape index (κ2) is 7.33. The molecule has 1 aromatic carbocycles. The van der Waals surface area contributed by atoms with Crippen LogP contribution in [0.3, 0.4) is 0 Å². The van der Waals surface area contributed by atoms with Crippen molar-refractivity contribution in [2.45, 2.75) is 19.3 Å². The summed E-state index contributed by atoms with van der Waals surface area (Å²) in [5, 5.41) is 1.42. The molecule has 26 heavy (non-hydrogen) atoms. The Bertz CT molecular complexity index is 977. The standard InChI is InChI=1S/C20H23N3O3/c1-25-17-12-15-16(22-20(24)14-6-4-7-21-19(14)15)13-18(17)26-11-5-10-23-8-2-3-9-23/h4,6-7,12-13H,2-3,5,8-11H2,1H3,(H,22,24). The summed E-state index contributed by atoms with van der Waals surface area (Å²) in [5.74, 6) is 1.30. The molecule has 1 fully saturated rings. The Labute approximate surface area is 151 Å². The molecule has 136 valence electrons. The third-order valence-corrected chi connectivity index (χ3v) is 4.93. The van der Waals surface area contributed by atoms with Crippen LogP contribution in [0.1, 0.15) is 19.3 Å². The van der Waals surface area contributed by atoms with E-state index in [9.17, 15) is 4.79 Å². The fourth-order valence-electron chi connectivity index (χ4n) is 3.60. The van der Waals surface area contributed by atoms with E-state index in [1.807, 2.05) is 12.1 Å². The number of hydrogen-bond donors (Lipinski definition) is 1. The van der Waals surface area contributed by atoms with Gasteiger partial charge in [-0.15, -0.1) is 0 Å². The molecule has 1 N–H and O–H groups in total. The van der Waals surface area contributed by atoms with E-state index in [4.69, 9.17) is 9.47 Å². The molecule has 1 aliphatic heterocycles. The number of fused-ring (bicyclic) bond motifs is 3. The molecule has 0 amide bonds. The lowest BCUT2D eigenvalue weighted by molar-refractivity contribution is 0.254. The van der Waals surface area contributed by atoms with E-state index < -0.39 is 0 Å². The second-order valence-corrected chi connectivity index (χ2v) is 6.65. The first-order valence-corrected chi connectivity index (χ1v) is 9.10. The van der Waals surface area contributed by atoms with E-state index in [0.717, 1.165) is 18.4 Å². The molecule has 3 aromatic rings. The predicted octanol–water partition coefficient (Wildman–Crippen LogP) is 2.95. The molecule has 6 nitrogen and oxygen atoms in total. The van der Waals surface area contributed by atoms with Crippen LogP contribution in [0.5, 0.6) is 11.5 Å². The summed E-state index contributed by atoms with van der Waals surface area (Å²) in [7, 11) is 1.62. The van der Waals surface area contributed by atoms with Crippen LogP contribution in [0, 0.1) is 0 Å². The molecule has 0 bridgehead atoms. The Hall–Kier alpha value is -2.60. The lowest BCUT2D eigenvalue weighted by atomic mass is 10.1. The molecule has 0 atom stereocenters. The van der Waals surface area contributed by atoms with Gasteiger partial charge in [0, 0.05) is 24.2 Å². The number of nitrogens with one attached hydrogen (secondary N) is 1. The fourth-order valence-corrected chi connectivity index (χ4v) is 3.60. The molecule has 6 heteroatoms. The topological polar surface area (TPSA) is 67.5 Å². The third kappa shape index (κ3) is 3.24. The zero-order chi connectivity index (χ0) is 17.9. The van der Waals surface area contributed by atoms with Crippen LogP contribution in [0.2, 0.25) is 0 Å². The predicted molar refractivity (Wildman–Crippen MR) is 102 cm³/mol. The van der Waals surface area contributed by atoms with Crippen molar-refractivity contribution in [1.82, 2.24) is 14.9 Å². The number of ether oxygens (including phenoxy) is 2. The van der Waals surface area contributed by atoms with Gasteiger partial charge in [-0.1, -0.05) is 0 Å². The lowest BCUT2D eigenvalue weighted by Gasteiger charge is -2.16. The summed E-state index contributed by atoms with van der Waals surface area (Å²) < 4.78 is 11.5. The number of aromatic amines is 1. The molecule has 0 aliphatic carbocycles. The van der Waals surface area contributed by atoms with Gasteiger partial charge in [-0.3, -0.25) is 9.78 Å². The third-order valence-electron chi connectivity index (χ3n) is 4.93. The molecule has 1 aliphatic rings. The summed E-state index contributed by atoms with van der Waals surface area (Å²) in [4.78, 5) is 22.1. The van der Waals surface area contributed by atoms with Gasteiger partial charge in [0.15, 0.2) is 11.5 Å². The average Bonchev–Trinajstić information content (AvgIpc) is 3.18. The van der Waals surface area contributed by atoms with Gasteiger partial charge >= 0.3 is 0 Å². The van der Waals surface area contributed by atoms with E-state index in [1.54, 1.807) is 25.4 Å². The minimum atomic E-state index is -0.147. The summed E-state index contributed by atoms with van der Waals surface area (Å²) >= 11 is 0. The lowest BCUT2D eigenvalue weighted by Crippen LogP contribution is -2.21. The SMILES string of the molecule is COc1cc2c(cc1OCCCN1CCCC1)[nH]c(=O)c1cccnc12. The maximum absolute atomic E-state index is 12.3. The quantitative estimate of drug-likeness (QED) is 0.545. The highest BCUT2D eigenvalue weighted by molar-refractivity contribution is 6.03. The number of aromatic nitrogens is 2. The van der Waals surface area contributed by atoms with E-state index in [1.165, 1.54) is 25.9 Å². The number of methoxy groups -OCH3 is 1. The van der Waals surface area contributed by atoms with Crippen molar-refractivity contribution in [1.29, 1.82) is 0 Å². The first-order chi connectivity index (χ1) is 12.8. The number of likely N-dealkylation sites (tertiary alicyclic amines) is 1. The fraction of sp³-hybridized carbons (Fsp3) is 0.400. The molecule has 2 aromatic heterocycles. The Morgan fingerprint density at radius 3 is 2.85 bits per heavy atom. The molecule has 0 saturated carbocycles. The number of rotatable bonds is 6. The number of benzene rings is 1. The summed E-state index contributed by atoms with van der Waals surface area (Å²) in [5.41, 5.74) is 1.23. The van der Waals surface area contributed by atoms with Crippen molar-refractivity contribution in [3.63, 3.8) is 0 Å². The van der Waals surface area contributed by atoms with Crippen LogP contribution in [0.25, 0.3) is 21.8 Å². The Kier molecular flexibility index (Phi) is 4.75. The van der Waals surface area contributed by atoms with Gasteiger partial charge in [0.25, 0.3) is 5.56 Å². The van der Waals surface area contributed by atoms with Crippen molar-refractivity contribution in [3.8, 4) is 11.5 Å². The van der Waals surface area contributed by atoms with Crippen molar-refractivity contribution in [2.75, 3.05) is 33.4 Å². The largest absolute Gasteiger partial charge is 0.493 e. The van der Waals surface area contributed by atoms with Gasteiger partial charge in [0.1, 0.15) is 0 Å². The van der Waals surface area contributed by atoms with Crippen molar-refractivity contribution in [2.24, 2.45) is 0 Å². The molecule has 0 spiro atoms. The van der Waals surface area contributed by atoms with E-state index in [2.05, 4.69) is 14.9 Å². The zero-order valence-electron chi connectivity index (χ0n) is 15.0. The second-order valence-electron chi connectivity index (χ2n) is 6.65. The Morgan fingerprint density at radius 1 is 1.19 bits per heavy atom. The van der Waals surface area contributed by atoms with Crippen LogP contribution in [-0.4, -0.2) is 48.2 Å². The maximum Gasteiger partial charge on any atom is 0.257 e. The van der Waals surface area contributed by atoms with Crippen molar-refractivity contribution < 1.29 is 9.47 Å². The van der Waals surface area contributed by atoms with Crippen LogP contribution >= 0.6 is 0 Å². The monoisotopic (exact) mass is 353 g/mol.